The Balaban J connectivity index is 2.09. The Kier molecular flexibility index (Phi) is 4.38. The Morgan fingerprint density at radius 1 is 1.23 bits per heavy atom. The van der Waals surface area contributed by atoms with Gasteiger partial charge in [-0.2, -0.15) is 0 Å². The topological polar surface area (TPSA) is 48.0 Å². The highest BCUT2D eigenvalue weighted by molar-refractivity contribution is 5.99. The van der Waals surface area contributed by atoms with Crippen molar-refractivity contribution in [2.75, 3.05) is 27.4 Å². The largest absolute Gasteiger partial charge is 0.348 e. The summed E-state index contributed by atoms with van der Waals surface area (Å²) in [5.74, 6) is -0.203. The number of nitrogens with zero attached hydrogens (tertiary/aromatic N) is 1. The van der Waals surface area contributed by atoms with Gasteiger partial charge in [-0.1, -0.05) is 24.3 Å². The van der Waals surface area contributed by atoms with Gasteiger partial charge in [-0.3, -0.25) is 9.63 Å². The SMILES string of the molecule is CON(C)C(=O)c1cc(C2OCCCO2)c2ccccc2c1. The lowest BCUT2D eigenvalue weighted by Crippen LogP contribution is -2.26. The molecule has 0 radical (unpaired) electrons. The number of amides is 1. The van der Waals surface area contributed by atoms with E-state index in [1.807, 2.05) is 36.4 Å². The van der Waals surface area contributed by atoms with Crippen LogP contribution in [0.2, 0.25) is 0 Å². The molecule has 2 aromatic rings. The molecule has 1 fully saturated rings. The molecule has 116 valence electrons. The molecule has 0 N–H and O–H groups in total. The fourth-order valence-corrected chi connectivity index (χ4v) is 2.59. The fraction of sp³-hybridized carbons (Fsp3) is 0.353. The summed E-state index contributed by atoms with van der Waals surface area (Å²) in [6, 6.07) is 11.6. The smallest absolute Gasteiger partial charge is 0.277 e. The van der Waals surface area contributed by atoms with Gasteiger partial charge < -0.3 is 9.47 Å². The molecule has 22 heavy (non-hydrogen) atoms. The summed E-state index contributed by atoms with van der Waals surface area (Å²) in [6.45, 7) is 1.32. The maximum Gasteiger partial charge on any atom is 0.277 e. The molecule has 0 saturated carbocycles. The lowest BCUT2D eigenvalue weighted by atomic mass is 9.99. The van der Waals surface area contributed by atoms with Crippen LogP contribution in [0, 0.1) is 0 Å². The van der Waals surface area contributed by atoms with E-state index >= 15 is 0 Å². The minimum atomic E-state index is -0.431. The van der Waals surface area contributed by atoms with Crippen LogP contribution < -0.4 is 0 Å². The normalized spacial score (nSPS) is 15.9. The number of rotatable bonds is 3. The summed E-state index contributed by atoms with van der Waals surface area (Å²) in [5, 5.41) is 3.22. The van der Waals surface area contributed by atoms with Crippen LogP contribution in [-0.4, -0.2) is 38.3 Å². The van der Waals surface area contributed by atoms with Crippen molar-refractivity contribution in [1.29, 1.82) is 0 Å². The Hall–Kier alpha value is -1.95. The minimum absolute atomic E-state index is 0.203. The van der Waals surface area contributed by atoms with Gasteiger partial charge in [0.15, 0.2) is 6.29 Å². The Morgan fingerprint density at radius 2 is 1.95 bits per heavy atom. The van der Waals surface area contributed by atoms with Crippen LogP contribution in [0.4, 0.5) is 0 Å². The lowest BCUT2D eigenvalue weighted by molar-refractivity contribution is -0.182. The van der Waals surface area contributed by atoms with Crippen molar-refractivity contribution in [3.63, 3.8) is 0 Å². The van der Waals surface area contributed by atoms with Crippen LogP contribution in [0.1, 0.15) is 28.6 Å². The molecule has 1 amide bonds. The quantitative estimate of drug-likeness (QED) is 0.818. The van der Waals surface area contributed by atoms with E-state index in [4.69, 9.17) is 14.3 Å². The van der Waals surface area contributed by atoms with Crippen LogP contribution in [-0.2, 0) is 14.3 Å². The molecule has 0 aromatic heterocycles. The van der Waals surface area contributed by atoms with E-state index in [0.29, 0.717) is 18.8 Å². The van der Waals surface area contributed by atoms with Crippen molar-refractivity contribution < 1.29 is 19.1 Å². The second-order valence-corrected chi connectivity index (χ2v) is 5.20. The van der Waals surface area contributed by atoms with Crippen LogP contribution in [0.3, 0.4) is 0 Å². The molecule has 1 saturated heterocycles. The molecule has 2 aromatic carbocycles. The van der Waals surface area contributed by atoms with Crippen molar-refractivity contribution in [3.8, 4) is 0 Å². The molecule has 0 aliphatic carbocycles. The van der Waals surface area contributed by atoms with Crippen molar-refractivity contribution in [1.82, 2.24) is 5.06 Å². The van der Waals surface area contributed by atoms with Crippen LogP contribution in [0.15, 0.2) is 36.4 Å². The number of carbonyl (C=O) groups excluding carboxylic acids is 1. The van der Waals surface area contributed by atoms with Crippen molar-refractivity contribution in [3.05, 3.63) is 47.5 Å². The molecule has 1 aliphatic rings. The Bertz CT molecular complexity index is 679. The molecule has 0 atom stereocenters. The molecule has 5 nitrogen and oxygen atoms in total. The third-order valence-corrected chi connectivity index (χ3v) is 3.78. The van der Waals surface area contributed by atoms with Crippen molar-refractivity contribution >= 4 is 16.7 Å². The first kappa shape index (κ1) is 15.0. The number of ether oxygens (including phenoxy) is 2. The first-order chi connectivity index (χ1) is 10.7. The molecule has 5 heteroatoms. The van der Waals surface area contributed by atoms with Gasteiger partial charge >= 0.3 is 0 Å². The number of carbonyl (C=O) groups is 1. The molecular formula is C17H19NO4. The zero-order chi connectivity index (χ0) is 15.5. The molecule has 3 rings (SSSR count). The summed E-state index contributed by atoms with van der Waals surface area (Å²) in [7, 11) is 3.05. The van der Waals surface area contributed by atoms with E-state index in [0.717, 1.165) is 22.8 Å². The monoisotopic (exact) mass is 301 g/mol. The summed E-state index contributed by atoms with van der Waals surface area (Å²) in [4.78, 5) is 17.4. The predicted octanol–water partition coefficient (Wildman–Crippen LogP) is 2.91. The minimum Gasteiger partial charge on any atom is -0.348 e. The van der Waals surface area contributed by atoms with E-state index in [1.165, 1.54) is 12.2 Å². The predicted molar refractivity (Wildman–Crippen MR) is 82.3 cm³/mol. The van der Waals surface area contributed by atoms with E-state index in [2.05, 4.69) is 0 Å². The average molecular weight is 301 g/mol. The van der Waals surface area contributed by atoms with Gasteiger partial charge in [0.1, 0.15) is 0 Å². The van der Waals surface area contributed by atoms with Gasteiger partial charge in [0, 0.05) is 18.2 Å². The van der Waals surface area contributed by atoms with Gasteiger partial charge in [-0.05, 0) is 29.3 Å². The fourth-order valence-electron chi connectivity index (χ4n) is 2.59. The highest BCUT2D eigenvalue weighted by Crippen LogP contribution is 2.31. The van der Waals surface area contributed by atoms with Gasteiger partial charge in [0.2, 0.25) is 0 Å². The third-order valence-electron chi connectivity index (χ3n) is 3.78. The first-order valence-electron chi connectivity index (χ1n) is 7.29. The molecule has 0 spiro atoms. The average Bonchev–Trinajstić information content (AvgIpc) is 2.60. The summed E-state index contributed by atoms with van der Waals surface area (Å²) in [6.07, 6.45) is 0.457. The summed E-state index contributed by atoms with van der Waals surface area (Å²) in [5.41, 5.74) is 1.43. The number of fused-ring (bicyclic) bond motifs is 1. The van der Waals surface area contributed by atoms with E-state index < -0.39 is 6.29 Å². The number of benzene rings is 2. The lowest BCUT2D eigenvalue weighted by Gasteiger charge is -2.25. The highest BCUT2D eigenvalue weighted by Gasteiger charge is 2.22. The molecule has 1 heterocycles. The van der Waals surface area contributed by atoms with Gasteiger partial charge in [-0.25, -0.2) is 5.06 Å². The molecule has 0 bridgehead atoms. The zero-order valence-corrected chi connectivity index (χ0v) is 12.7. The molecule has 1 aliphatic heterocycles. The summed E-state index contributed by atoms with van der Waals surface area (Å²) < 4.78 is 11.4. The number of hydrogen-bond donors (Lipinski definition) is 0. The standard InChI is InChI=1S/C17H19NO4/c1-18(20-2)16(19)13-10-12-6-3-4-7-14(12)15(11-13)17-21-8-5-9-22-17/h3-4,6-7,10-11,17H,5,8-9H2,1-2H3. The number of hydroxylamine groups is 2. The second-order valence-electron chi connectivity index (χ2n) is 5.20. The van der Waals surface area contributed by atoms with Crippen LogP contribution in [0.25, 0.3) is 10.8 Å². The third kappa shape index (κ3) is 2.83. The maximum absolute atomic E-state index is 12.4. The van der Waals surface area contributed by atoms with Gasteiger partial charge in [-0.15, -0.1) is 0 Å². The highest BCUT2D eigenvalue weighted by atomic mass is 16.7. The molecule has 0 unspecified atom stereocenters. The summed E-state index contributed by atoms with van der Waals surface area (Å²) >= 11 is 0. The van der Waals surface area contributed by atoms with Gasteiger partial charge in [0.05, 0.1) is 20.3 Å². The Labute approximate surface area is 129 Å². The van der Waals surface area contributed by atoms with Crippen molar-refractivity contribution in [2.24, 2.45) is 0 Å². The number of hydrogen-bond acceptors (Lipinski definition) is 4. The maximum atomic E-state index is 12.4. The zero-order valence-electron chi connectivity index (χ0n) is 12.7. The van der Waals surface area contributed by atoms with Gasteiger partial charge in [0.25, 0.3) is 5.91 Å². The molecular weight excluding hydrogens is 282 g/mol. The van der Waals surface area contributed by atoms with E-state index in [9.17, 15) is 4.79 Å². The second kappa shape index (κ2) is 6.44. The van der Waals surface area contributed by atoms with Crippen LogP contribution >= 0.6 is 0 Å². The van der Waals surface area contributed by atoms with E-state index in [1.54, 1.807) is 7.05 Å². The van der Waals surface area contributed by atoms with Crippen molar-refractivity contribution in [2.45, 2.75) is 12.7 Å². The first-order valence-corrected chi connectivity index (χ1v) is 7.29. The van der Waals surface area contributed by atoms with E-state index in [-0.39, 0.29) is 5.91 Å². The Morgan fingerprint density at radius 3 is 2.68 bits per heavy atom. The van der Waals surface area contributed by atoms with Crippen LogP contribution in [0.5, 0.6) is 0 Å².